The molecule has 0 bridgehead atoms. The van der Waals surface area contributed by atoms with Crippen LogP contribution in [0.15, 0.2) is 53.3 Å². The number of fused-ring (bicyclic) bond motifs is 1. The Morgan fingerprint density at radius 2 is 1.61 bits per heavy atom. The molecule has 1 heterocycles. The van der Waals surface area contributed by atoms with Crippen molar-refractivity contribution in [2.24, 2.45) is 0 Å². The van der Waals surface area contributed by atoms with Crippen LogP contribution in [0.4, 0.5) is 11.4 Å². The first-order valence-corrected chi connectivity index (χ1v) is 7.58. The average molecular weight is 307 g/mol. The van der Waals surface area contributed by atoms with Crippen molar-refractivity contribution < 1.29 is 0 Å². The number of anilines is 2. The van der Waals surface area contributed by atoms with Gasteiger partial charge in [0.05, 0.1) is 5.69 Å². The maximum absolute atomic E-state index is 12.5. The normalized spacial score (nSPS) is 10.8. The van der Waals surface area contributed by atoms with Gasteiger partial charge in [0.2, 0.25) is 0 Å². The number of hydrogen-bond acceptors (Lipinski definition) is 3. The van der Waals surface area contributed by atoms with Crippen LogP contribution in [0.1, 0.15) is 0 Å². The van der Waals surface area contributed by atoms with E-state index in [9.17, 15) is 4.79 Å². The van der Waals surface area contributed by atoms with E-state index in [1.54, 1.807) is 0 Å². The van der Waals surface area contributed by atoms with Crippen LogP contribution in [-0.4, -0.2) is 33.2 Å². The highest BCUT2D eigenvalue weighted by Crippen LogP contribution is 2.29. The molecule has 3 rings (SSSR count). The summed E-state index contributed by atoms with van der Waals surface area (Å²) >= 11 is 0. The van der Waals surface area contributed by atoms with Crippen LogP contribution in [0.2, 0.25) is 0 Å². The van der Waals surface area contributed by atoms with E-state index in [-0.39, 0.29) is 5.56 Å². The highest BCUT2D eigenvalue weighted by atomic mass is 16.1. The van der Waals surface area contributed by atoms with Crippen molar-refractivity contribution in [3.05, 3.63) is 58.9 Å². The Hall–Kier alpha value is -2.75. The van der Waals surface area contributed by atoms with Crippen LogP contribution in [0.3, 0.4) is 0 Å². The quantitative estimate of drug-likeness (QED) is 0.807. The fraction of sp³-hybridized carbons (Fsp3) is 0.211. The summed E-state index contributed by atoms with van der Waals surface area (Å²) in [5.74, 6) is 0. The van der Waals surface area contributed by atoms with Gasteiger partial charge in [0.15, 0.2) is 0 Å². The number of aromatic amines is 1. The third kappa shape index (κ3) is 2.80. The standard InChI is InChI=1S/C19H21N3O/c1-21(2)14-10-9-13-11-17(20-19(23)16(13)12-14)15-7-5-6-8-18(15)22(3)4/h5-12H,1-4H3,(H,20,23). The molecule has 23 heavy (non-hydrogen) atoms. The molecule has 2 aromatic carbocycles. The second kappa shape index (κ2) is 5.80. The molecule has 0 saturated carbocycles. The van der Waals surface area contributed by atoms with Crippen molar-refractivity contribution in [2.45, 2.75) is 0 Å². The Labute approximate surface area is 136 Å². The van der Waals surface area contributed by atoms with Gasteiger partial charge in [-0.2, -0.15) is 0 Å². The minimum Gasteiger partial charge on any atom is -0.378 e. The molecular weight excluding hydrogens is 286 g/mol. The Kier molecular flexibility index (Phi) is 3.82. The van der Waals surface area contributed by atoms with Crippen molar-refractivity contribution in [2.75, 3.05) is 38.0 Å². The Morgan fingerprint density at radius 1 is 0.870 bits per heavy atom. The summed E-state index contributed by atoms with van der Waals surface area (Å²) in [5.41, 5.74) is 3.89. The van der Waals surface area contributed by atoms with Crippen molar-refractivity contribution in [3.8, 4) is 11.3 Å². The molecular formula is C19H21N3O. The monoisotopic (exact) mass is 307 g/mol. The van der Waals surface area contributed by atoms with Gasteiger partial charge in [-0.25, -0.2) is 0 Å². The third-order valence-corrected chi connectivity index (χ3v) is 4.02. The zero-order valence-corrected chi connectivity index (χ0v) is 13.9. The lowest BCUT2D eigenvalue weighted by Gasteiger charge is -2.18. The molecule has 1 aromatic heterocycles. The van der Waals surface area contributed by atoms with Gasteiger partial charge in [-0.15, -0.1) is 0 Å². The summed E-state index contributed by atoms with van der Waals surface area (Å²) in [6, 6.07) is 16.1. The average Bonchev–Trinajstić information content (AvgIpc) is 2.54. The van der Waals surface area contributed by atoms with Gasteiger partial charge in [-0.05, 0) is 29.7 Å². The molecule has 0 aliphatic heterocycles. The van der Waals surface area contributed by atoms with E-state index >= 15 is 0 Å². The fourth-order valence-corrected chi connectivity index (χ4v) is 2.76. The molecule has 0 spiro atoms. The maximum atomic E-state index is 12.5. The molecule has 0 fully saturated rings. The number of nitrogens with one attached hydrogen (secondary N) is 1. The second-order valence-corrected chi connectivity index (χ2v) is 6.09. The summed E-state index contributed by atoms with van der Waals surface area (Å²) in [4.78, 5) is 19.6. The van der Waals surface area contributed by atoms with Crippen LogP contribution in [0.25, 0.3) is 22.0 Å². The smallest absolute Gasteiger partial charge is 0.256 e. The Bertz CT molecular complexity index is 910. The third-order valence-electron chi connectivity index (χ3n) is 4.02. The molecule has 4 nitrogen and oxygen atoms in total. The number of nitrogens with zero attached hydrogens (tertiary/aromatic N) is 2. The molecule has 0 atom stereocenters. The molecule has 3 aromatic rings. The van der Waals surface area contributed by atoms with E-state index in [1.165, 1.54) is 0 Å². The van der Waals surface area contributed by atoms with Gasteiger partial charge >= 0.3 is 0 Å². The number of rotatable bonds is 3. The van der Waals surface area contributed by atoms with Gasteiger partial charge in [-0.1, -0.05) is 24.3 Å². The molecule has 118 valence electrons. The molecule has 0 unspecified atom stereocenters. The highest BCUT2D eigenvalue weighted by Gasteiger charge is 2.10. The zero-order valence-electron chi connectivity index (χ0n) is 13.9. The van der Waals surface area contributed by atoms with E-state index in [4.69, 9.17) is 0 Å². The number of benzene rings is 2. The summed E-state index contributed by atoms with van der Waals surface area (Å²) in [7, 11) is 7.94. The molecule has 0 amide bonds. The summed E-state index contributed by atoms with van der Waals surface area (Å²) in [6.45, 7) is 0. The van der Waals surface area contributed by atoms with E-state index in [2.05, 4.69) is 4.98 Å². The topological polar surface area (TPSA) is 39.3 Å². The van der Waals surface area contributed by atoms with Gasteiger partial charge < -0.3 is 14.8 Å². The largest absolute Gasteiger partial charge is 0.378 e. The second-order valence-electron chi connectivity index (χ2n) is 6.09. The van der Waals surface area contributed by atoms with Gasteiger partial charge in [-0.3, -0.25) is 4.79 Å². The van der Waals surface area contributed by atoms with Crippen LogP contribution in [0.5, 0.6) is 0 Å². The first kappa shape index (κ1) is 15.2. The molecule has 0 aliphatic carbocycles. The lowest BCUT2D eigenvalue weighted by atomic mass is 10.0. The van der Waals surface area contributed by atoms with Crippen molar-refractivity contribution >= 4 is 22.1 Å². The fourth-order valence-electron chi connectivity index (χ4n) is 2.76. The zero-order chi connectivity index (χ0) is 16.6. The lowest BCUT2D eigenvalue weighted by Crippen LogP contribution is -2.13. The summed E-state index contributed by atoms with van der Waals surface area (Å²) in [5, 5.41) is 1.66. The number of aromatic nitrogens is 1. The van der Waals surface area contributed by atoms with Crippen LogP contribution >= 0.6 is 0 Å². The molecule has 0 radical (unpaired) electrons. The van der Waals surface area contributed by atoms with Gasteiger partial charge in [0.25, 0.3) is 5.56 Å². The Balaban J connectivity index is 2.22. The predicted octanol–water partition coefficient (Wildman–Crippen LogP) is 3.33. The van der Waals surface area contributed by atoms with Crippen molar-refractivity contribution in [3.63, 3.8) is 0 Å². The number of hydrogen-bond donors (Lipinski definition) is 1. The van der Waals surface area contributed by atoms with E-state index in [1.807, 2.05) is 86.5 Å². The van der Waals surface area contributed by atoms with Crippen molar-refractivity contribution in [1.29, 1.82) is 0 Å². The maximum Gasteiger partial charge on any atom is 0.256 e. The molecule has 0 saturated heterocycles. The van der Waals surface area contributed by atoms with E-state index in [0.717, 1.165) is 28.0 Å². The minimum atomic E-state index is -0.0604. The van der Waals surface area contributed by atoms with Crippen molar-refractivity contribution in [1.82, 2.24) is 4.98 Å². The number of para-hydroxylation sites is 1. The van der Waals surface area contributed by atoms with E-state index < -0.39 is 0 Å². The lowest BCUT2D eigenvalue weighted by molar-refractivity contribution is 1.13. The number of H-pyrrole nitrogens is 1. The van der Waals surface area contributed by atoms with Gasteiger partial charge in [0, 0.05) is 50.5 Å². The highest BCUT2D eigenvalue weighted by molar-refractivity contribution is 5.89. The number of pyridine rings is 1. The summed E-state index contributed by atoms with van der Waals surface area (Å²) in [6.07, 6.45) is 0. The molecule has 1 N–H and O–H groups in total. The first-order chi connectivity index (χ1) is 11.0. The predicted molar refractivity (Wildman–Crippen MR) is 98.7 cm³/mol. The first-order valence-electron chi connectivity index (χ1n) is 7.58. The van der Waals surface area contributed by atoms with E-state index in [0.29, 0.717) is 5.39 Å². The van der Waals surface area contributed by atoms with Crippen LogP contribution < -0.4 is 15.4 Å². The Morgan fingerprint density at radius 3 is 2.30 bits per heavy atom. The summed E-state index contributed by atoms with van der Waals surface area (Å²) < 4.78 is 0. The van der Waals surface area contributed by atoms with Gasteiger partial charge in [0.1, 0.15) is 0 Å². The minimum absolute atomic E-state index is 0.0604. The SMILES string of the molecule is CN(C)c1ccc2cc(-c3ccccc3N(C)C)[nH]c(=O)c2c1. The van der Waals surface area contributed by atoms with Crippen LogP contribution in [-0.2, 0) is 0 Å². The molecule has 4 heteroatoms. The molecule has 0 aliphatic rings. The van der Waals surface area contributed by atoms with Crippen LogP contribution in [0, 0.1) is 0 Å².